The Morgan fingerprint density at radius 2 is 2.00 bits per heavy atom. The molecule has 0 radical (unpaired) electrons. The molecule has 278 valence electrons. The number of hydrogen-bond acceptors (Lipinski definition) is 13. The number of hydrogen-bond donors (Lipinski definition) is 2. The van der Waals surface area contributed by atoms with Crippen LogP contribution in [-0.2, 0) is 11.4 Å². The first-order chi connectivity index (χ1) is 25.6. The summed E-state index contributed by atoms with van der Waals surface area (Å²) in [5.74, 6) is -0.560. The molecular formula is C36H37ClF3N9O3S. The maximum Gasteiger partial charge on any atom is 0.318 e. The van der Waals surface area contributed by atoms with Crippen molar-refractivity contribution in [3.63, 3.8) is 0 Å². The second-order valence-corrected chi connectivity index (χ2v) is 13.8. The van der Waals surface area contributed by atoms with Gasteiger partial charge in [0.2, 0.25) is 0 Å². The van der Waals surface area contributed by atoms with Gasteiger partial charge in [-0.3, -0.25) is 4.90 Å². The van der Waals surface area contributed by atoms with E-state index in [0.717, 1.165) is 29.9 Å². The van der Waals surface area contributed by atoms with Crippen LogP contribution in [0.25, 0.3) is 32.1 Å². The van der Waals surface area contributed by atoms with Gasteiger partial charge in [0.15, 0.2) is 11.6 Å². The van der Waals surface area contributed by atoms with Gasteiger partial charge in [0.1, 0.15) is 53.9 Å². The Morgan fingerprint density at radius 3 is 2.68 bits per heavy atom. The normalized spacial score (nSPS) is 17.7. The Kier molecular flexibility index (Phi) is 11.6. The maximum atomic E-state index is 16.5. The summed E-state index contributed by atoms with van der Waals surface area (Å²) in [7, 11) is 2.89. The number of nitriles is 1. The van der Waals surface area contributed by atoms with Gasteiger partial charge in [0.25, 0.3) is 0 Å². The second-order valence-electron chi connectivity index (χ2n) is 12.3. The molecule has 53 heavy (non-hydrogen) atoms. The van der Waals surface area contributed by atoms with Crippen molar-refractivity contribution in [1.82, 2.24) is 19.9 Å². The minimum absolute atomic E-state index is 0.0352. The number of anilines is 3. The van der Waals surface area contributed by atoms with Crippen molar-refractivity contribution in [1.29, 1.82) is 5.26 Å². The number of nitrogen functional groups attached to an aromatic ring is 2. The molecule has 0 saturated carbocycles. The van der Waals surface area contributed by atoms with Crippen molar-refractivity contribution in [3.05, 3.63) is 58.2 Å². The highest BCUT2D eigenvalue weighted by Gasteiger charge is 2.35. The molecule has 3 aromatic heterocycles. The molecule has 3 aliphatic heterocycles. The smallest absolute Gasteiger partial charge is 0.318 e. The summed E-state index contributed by atoms with van der Waals surface area (Å²) >= 11 is 7.76. The quantitative estimate of drug-likeness (QED) is 0.139. The number of nitrogens with two attached hydrogens (primary N) is 2. The largest absolute Gasteiger partial charge is 0.489 e. The molecule has 4 N–H and O–H groups in total. The summed E-state index contributed by atoms with van der Waals surface area (Å²) < 4.78 is 55.4. The molecule has 6 heterocycles. The molecule has 2 unspecified atom stereocenters. The van der Waals surface area contributed by atoms with E-state index in [1.807, 2.05) is 17.0 Å². The number of pyridine rings is 1. The Hall–Kier alpha value is -5.11. The van der Waals surface area contributed by atoms with Crippen molar-refractivity contribution in [2.24, 2.45) is 5.16 Å². The summed E-state index contributed by atoms with van der Waals surface area (Å²) in [4.78, 5) is 21.3. The van der Waals surface area contributed by atoms with Crippen molar-refractivity contribution in [2.45, 2.75) is 44.9 Å². The van der Waals surface area contributed by atoms with Gasteiger partial charge in [-0.1, -0.05) is 23.7 Å². The molecule has 12 nitrogen and oxygen atoms in total. The van der Waals surface area contributed by atoms with Crippen molar-refractivity contribution >= 4 is 66.8 Å². The van der Waals surface area contributed by atoms with Crippen molar-refractivity contribution in [3.8, 4) is 29.0 Å². The molecule has 0 amide bonds. The molecule has 5 aromatic rings. The zero-order chi connectivity index (χ0) is 37.8. The van der Waals surface area contributed by atoms with Crippen LogP contribution < -0.4 is 25.8 Å². The number of methoxy groups -OCH3 is 1. The second kappa shape index (κ2) is 16.3. The van der Waals surface area contributed by atoms with E-state index in [9.17, 15) is 14.0 Å². The summed E-state index contributed by atoms with van der Waals surface area (Å²) in [6, 6.07) is 8.67. The van der Waals surface area contributed by atoms with Crippen LogP contribution in [0, 0.1) is 23.0 Å². The third kappa shape index (κ3) is 7.41. The van der Waals surface area contributed by atoms with E-state index in [1.54, 1.807) is 25.4 Å². The fourth-order valence-corrected chi connectivity index (χ4v) is 8.16. The minimum Gasteiger partial charge on any atom is -0.489 e. The molecule has 2 saturated heterocycles. The lowest BCUT2D eigenvalue weighted by Crippen LogP contribution is -2.28. The maximum absolute atomic E-state index is 16.5. The van der Waals surface area contributed by atoms with Gasteiger partial charge in [-0.2, -0.15) is 15.2 Å². The van der Waals surface area contributed by atoms with E-state index < -0.39 is 17.8 Å². The fourth-order valence-electron chi connectivity index (χ4n) is 6.88. The monoisotopic (exact) mass is 767 g/mol. The lowest BCUT2D eigenvalue weighted by atomic mass is 9.96. The van der Waals surface area contributed by atoms with Gasteiger partial charge in [-0.15, -0.1) is 16.5 Å². The van der Waals surface area contributed by atoms with E-state index in [-0.39, 0.29) is 66.1 Å². The van der Waals surface area contributed by atoms with E-state index in [4.69, 9.17) is 32.5 Å². The van der Waals surface area contributed by atoms with Gasteiger partial charge in [-0.05, 0) is 50.4 Å². The van der Waals surface area contributed by atoms with Crippen LogP contribution >= 0.6 is 22.9 Å². The number of benzene rings is 2. The Morgan fingerprint density at radius 1 is 1.19 bits per heavy atom. The number of nitrogens with zero attached hydrogens (tertiary/aromatic N) is 7. The van der Waals surface area contributed by atoms with Gasteiger partial charge in [-0.25, -0.2) is 18.2 Å². The summed E-state index contributed by atoms with van der Waals surface area (Å²) in [5, 5.41) is 13.5. The van der Waals surface area contributed by atoms with Crippen LogP contribution in [0.5, 0.6) is 11.8 Å². The number of oxime groups is 1. The number of aromatic nitrogens is 3. The standard InChI is InChI=1S/C26H18ClF2N7O2S.C7H12FN.C3H7NO/c1-37-26-34-20-17-21(38-8-7-36(25(17)35-26)10-11-3-2-6-33-23(11)31)18(27)16(19(20)29)12-4-5-14(28)22-15(12)13(9-30)24(32)39-22;8-6-4-7-2-1-3-9(7)5-6;1-3-4-5-2/h2-6H,7-8,10,32H2,1H3,(H2,31,33);6-7H,1-5H2;3H,1-2H3/b;;4-3+. The highest BCUT2D eigenvalue weighted by Crippen LogP contribution is 2.50. The first-order valence-corrected chi connectivity index (χ1v) is 17.9. The van der Waals surface area contributed by atoms with Gasteiger partial charge >= 0.3 is 6.01 Å². The molecule has 8 rings (SSSR count). The van der Waals surface area contributed by atoms with Gasteiger partial charge < -0.3 is 30.7 Å². The Balaban J connectivity index is 0.000000286. The molecule has 17 heteroatoms. The first kappa shape index (κ1) is 37.6. The fraction of sp³-hybridized carbons (Fsp3) is 0.361. The Labute approximate surface area is 312 Å². The summed E-state index contributed by atoms with van der Waals surface area (Å²) in [6.45, 7) is 4.48. The van der Waals surface area contributed by atoms with Crippen LogP contribution in [0.1, 0.15) is 37.3 Å². The SMILES string of the molecule is C/C=N/OC.COc1nc2c3c(c(Cl)c(-c4ccc(F)c5sc(N)c(C#N)c45)c(F)c3n1)OCCN2Cc1cccnc1N.FC1CC2CCCN2C1. The highest BCUT2D eigenvalue weighted by molar-refractivity contribution is 7.23. The minimum atomic E-state index is -0.811. The average Bonchev–Trinajstić information content (AvgIpc) is 3.80. The van der Waals surface area contributed by atoms with Crippen LogP contribution in [0.4, 0.5) is 29.8 Å². The number of fused-ring (bicyclic) bond motifs is 2. The predicted octanol–water partition coefficient (Wildman–Crippen LogP) is 7.11. The zero-order valence-electron chi connectivity index (χ0n) is 29.2. The molecule has 2 aromatic carbocycles. The molecule has 0 aliphatic carbocycles. The topological polar surface area (TPSA) is 161 Å². The number of ether oxygens (including phenoxy) is 2. The van der Waals surface area contributed by atoms with Crippen molar-refractivity contribution < 1.29 is 27.5 Å². The van der Waals surface area contributed by atoms with Crippen LogP contribution in [0.15, 0.2) is 35.6 Å². The summed E-state index contributed by atoms with van der Waals surface area (Å²) in [5.41, 5.74) is 12.8. The predicted molar refractivity (Wildman–Crippen MR) is 201 cm³/mol. The third-order valence-electron chi connectivity index (χ3n) is 9.19. The van der Waals surface area contributed by atoms with Crippen molar-refractivity contribution in [2.75, 3.05) is 56.8 Å². The van der Waals surface area contributed by atoms with Crippen LogP contribution in [0.3, 0.4) is 0 Å². The van der Waals surface area contributed by atoms with Crippen LogP contribution in [-0.4, -0.2) is 78.7 Å². The van der Waals surface area contributed by atoms with Gasteiger partial charge in [0, 0.05) is 48.1 Å². The number of thiophene rings is 1. The van der Waals surface area contributed by atoms with E-state index >= 15 is 4.39 Å². The first-order valence-electron chi connectivity index (χ1n) is 16.8. The zero-order valence-corrected chi connectivity index (χ0v) is 30.8. The molecule has 0 spiro atoms. The van der Waals surface area contributed by atoms with E-state index in [1.165, 1.54) is 39.2 Å². The van der Waals surface area contributed by atoms with E-state index in [0.29, 0.717) is 37.3 Å². The number of halogens is 4. The van der Waals surface area contributed by atoms with Gasteiger partial charge in [0.05, 0.1) is 34.3 Å². The lowest BCUT2D eigenvalue weighted by Gasteiger charge is -2.23. The molecular weight excluding hydrogens is 731 g/mol. The molecule has 2 atom stereocenters. The molecule has 2 fully saturated rings. The third-order valence-corrected chi connectivity index (χ3v) is 10.6. The number of alkyl halides is 1. The number of rotatable bonds is 5. The average molecular weight is 768 g/mol. The molecule has 0 bridgehead atoms. The lowest BCUT2D eigenvalue weighted by molar-refractivity contribution is 0.215. The van der Waals surface area contributed by atoms with E-state index in [2.05, 4.69) is 29.8 Å². The highest BCUT2D eigenvalue weighted by atomic mass is 35.5. The summed E-state index contributed by atoms with van der Waals surface area (Å²) in [6.07, 6.45) is 5.99. The van der Waals surface area contributed by atoms with Crippen LogP contribution in [0.2, 0.25) is 5.02 Å². The molecule has 3 aliphatic rings. The Bertz CT molecular complexity index is 2210.